The summed E-state index contributed by atoms with van der Waals surface area (Å²) in [5, 5.41) is 10.9. The third kappa shape index (κ3) is 7.35. The fourth-order valence-electron chi connectivity index (χ4n) is 5.46. The smallest absolute Gasteiger partial charge is 0.491 e. The fraction of sp³-hybridized carbons (Fsp3) is 0.517. The lowest BCUT2D eigenvalue weighted by atomic mass is 9.76. The van der Waals surface area contributed by atoms with Crippen LogP contribution in [-0.2, 0) is 27.3 Å². The van der Waals surface area contributed by atoms with E-state index in [9.17, 15) is 32.9 Å². The molecular weight excluding hydrogens is 543 g/mol. The van der Waals surface area contributed by atoms with Gasteiger partial charge in [-0.15, -0.1) is 0 Å². The molecule has 2 saturated heterocycles. The first-order chi connectivity index (χ1) is 19.4. The highest BCUT2D eigenvalue weighted by Crippen LogP contribution is 2.47. The normalized spacial score (nSPS) is 19.0. The summed E-state index contributed by atoms with van der Waals surface area (Å²) in [5.41, 5.74) is 0.529. The molecule has 1 atom stereocenters. The van der Waals surface area contributed by atoms with E-state index in [1.807, 2.05) is 24.3 Å². The van der Waals surface area contributed by atoms with Crippen molar-refractivity contribution in [2.75, 3.05) is 26.2 Å². The number of likely N-dealkylation sites (tertiary alicyclic amines) is 2. The van der Waals surface area contributed by atoms with E-state index >= 15 is 0 Å². The van der Waals surface area contributed by atoms with Crippen molar-refractivity contribution in [3.05, 3.63) is 69.8 Å². The van der Waals surface area contributed by atoms with Gasteiger partial charge in [-0.3, -0.25) is 19.8 Å². The Labute approximate surface area is 236 Å². The number of hydrogen-bond donors (Lipinski definition) is 0. The molecule has 2 aromatic carbocycles. The molecule has 0 N–H and O–H groups in total. The van der Waals surface area contributed by atoms with Gasteiger partial charge in [-0.1, -0.05) is 44.2 Å². The Bertz CT molecular complexity index is 1240. The predicted octanol–water partition coefficient (Wildman–Crippen LogP) is 5.12. The minimum atomic E-state index is -5.20. The summed E-state index contributed by atoms with van der Waals surface area (Å²) in [5.74, 6) is -1.67. The fourth-order valence-corrected chi connectivity index (χ4v) is 5.46. The predicted molar refractivity (Wildman–Crippen MR) is 143 cm³/mol. The molecular formula is C29H34F3N3O6. The Balaban J connectivity index is 1.47. The number of benzene rings is 2. The molecule has 0 aromatic heterocycles. The van der Waals surface area contributed by atoms with E-state index in [0.29, 0.717) is 57.0 Å². The van der Waals surface area contributed by atoms with Crippen LogP contribution in [0.4, 0.5) is 18.9 Å². The van der Waals surface area contributed by atoms with Crippen molar-refractivity contribution in [3.63, 3.8) is 0 Å². The van der Waals surface area contributed by atoms with E-state index in [4.69, 9.17) is 9.47 Å². The first kappa shape index (κ1) is 30.3. The Morgan fingerprint density at radius 2 is 1.68 bits per heavy atom. The van der Waals surface area contributed by atoms with E-state index in [-0.39, 0.29) is 18.7 Å². The van der Waals surface area contributed by atoms with Gasteiger partial charge in [-0.25, -0.2) is 4.79 Å². The van der Waals surface area contributed by atoms with Crippen LogP contribution in [0, 0.1) is 21.4 Å². The molecule has 1 unspecified atom stereocenters. The van der Waals surface area contributed by atoms with Crippen molar-refractivity contribution < 1.29 is 37.2 Å². The molecule has 12 heteroatoms. The minimum Gasteiger partial charge on any atom is -0.493 e. The van der Waals surface area contributed by atoms with Gasteiger partial charge in [0.25, 0.3) is 5.69 Å². The third-order valence-electron chi connectivity index (χ3n) is 7.72. The second-order valence-electron chi connectivity index (χ2n) is 11.1. The zero-order valence-electron chi connectivity index (χ0n) is 23.1. The lowest BCUT2D eigenvalue weighted by Gasteiger charge is -2.43. The molecule has 2 fully saturated rings. The number of nitro groups is 1. The number of alkyl halides is 3. The maximum Gasteiger partial charge on any atom is 0.491 e. The summed E-state index contributed by atoms with van der Waals surface area (Å²) < 4.78 is 50.7. The Morgan fingerprint density at radius 1 is 1.05 bits per heavy atom. The van der Waals surface area contributed by atoms with E-state index in [1.54, 1.807) is 0 Å². The number of rotatable bonds is 9. The van der Waals surface area contributed by atoms with Crippen molar-refractivity contribution in [2.24, 2.45) is 11.3 Å². The summed E-state index contributed by atoms with van der Waals surface area (Å²) in [4.78, 5) is 39.0. The number of nitrogens with zero attached hydrogens (tertiary/aromatic N) is 3. The minimum absolute atomic E-state index is 0.140. The first-order valence-electron chi connectivity index (χ1n) is 13.6. The molecule has 9 nitrogen and oxygen atoms in total. The van der Waals surface area contributed by atoms with E-state index in [2.05, 4.69) is 18.7 Å². The van der Waals surface area contributed by atoms with Crippen molar-refractivity contribution in [3.8, 4) is 5.75 Å². The zero-order valence-corrected chi connectivity index (χ0v) is 23.1. The summed E-state index contributed by atoms with van der Waals surface area (Å²) >= 11 is 0. The number of esters is 1. The van der Waals surface area contributed by atoms with Gasteiger partial charge >= 0.3 is 12.1 Å². The van der Waals surface area contributed by atoms with Gasteiger partial charge in [0.05, 0.1) is 18.0 Å². The molecule has 41 heavy (non-hydrogen) atoms. The number of halogens is 3. The largest absolute Gasteiger partial charge is 0.493 e. The molecule has 4 rings (SSSR count). The maximum atomic E-state index is 13.2. The highest BCUT2D eigenvalue weighted by molar-refractivity contribution is 5.80. The molecule has 2 heterocycles. The topological polar surface area (TPSA) is 102 Å². The van der Waals surface area contributed by atoms with Crippen LogP contribution >= 0.6 is 0 Å². The highest BCUT2D eigenvalue weighted by atomic mass is 19.4. The number of carbonyl (C=O) groups is 2. The molecule has 1 amide bonds. The van der Waals surface area contributed by atoms with Gasteiger partial charge in [-0.05, 0) is 49.9 Å². The van der Waals surface area contributed by atoms with Gasteiger partial charge in [0.2, 0.25) is 5.91 Å². The zero-order chi connectivity index (χ0) is 29.8. The molecule has 0 aliphatic carbocycles. The van der Waals surface area contributed by atoms with Crippen LogP contribution in [0.5, 0.6) is 5.75 Å². The average Bonchev–Trinajstić information content (AvgIpc) is 3.26. The van der Waals surface area contributed by atoms with Crippen LogP contribution in [-0.4, -0.2) is 65.2 Å². The summed E-state index contributed by atoms with van der Waals surface area (Å²) in [7, 11) is 0. The molecule has 2 aromatic rings. The van der Waals surface area contributed by atoms with Gasteiger partial charge < -0.3 is 14.4 Å². The second-order valence-corrected chi connectivity index (χ2v) is 11.1. The molecule has 0 bridgehead atoms. The standard InChI is InChI=1S/C29H34F3N3O6/c1-20(2)19-40-24-6-4-3-5-22(24)18-33-14-11-28(12-15-33)13-16-34(26(28)41-27(37)29(30,31)32)25(36)17-21-7-9-23(10-8-21)35(38)39/h3-10,20,26H,11-19H2,1-2H3. The van der Waals surface area contributed by atoms with Crippen LogP contribution in [0.25, 0.3) is 0 Å². The monoisotopic (exact) mass is 577 g/mol. The summed E-state index contributed by atoms with van der Waals surface area (Å²) in [6.07, 6.45) is -5.45. The second kappa shape index (κ2) is 12.5. The molecule has 222 valence electrons. The van der Waals surface area contributed by atoms with Crippen LogP contribution in [0.2, 0.25) is 0 Å². The number of ether oxygens (including phenoxy) is 2. The van der Waals surface area contributed by atoms with E-state index in [1.165, 1.54) is 29.2 Å². The quantitative estimate of drug-likeness (QED) is 0.232. The molecule has 2 aliphatic rings. The van der Waals surface area contributed by atoms with Gasteiger partial charge in [-0.2, -0.15) is 13.2 Å². The van der Waals surface area contributed by atoms with Crippen molar-refractivity contribution in [2.45, 2.75) is 58.5 Å². The van der Waals surface area contributed by atoms with Gasteiger partial charge in [0.15, 0.2) is 6.23 Å². The van der Waals surface area contributed by atoms with Crippen molar-refractivity contribution >= 4 is 17.6 Å². The van der Waals surface area contributed by atoms with E-state index < -0.39 is 34.6 Å². The third-order valence-corrected chi connectivity index (χ3v) is 7.72. The maximum absolute atomic E-state index is 13.2. The molecule has 0 radical (unpaired) electrons. The van der Waals surface area contributed by atoms with E-state index in [0.717, 1.165) is 11.3 Å². The Kier molecular flexibility index (Phi) is 9.21. The average molecular weight is 578 g/mol. The van der Waals surface area contributed by atoms with Gasteiger partial charge in [0.1, 0.15) is 5.75 Å². The SMILES string of the molecule is CC(C)COc1ccccc1CN1CCC2(CC1)CCN(C(=O)Cc1ccc([N+](=O)[O-])cc1)C2OC(=O)C(F)(F)F. The number of carbonyl (C=O) groups excluding carboxylic acids is 2. The molecule has 0 saturated carbocycles. The first-order valence-corrected chi connectivity index (χ1v) is 13.6. The number of para-hydroxylation sites is 1. The van der Waals surface area contributed by atoms with Crippen molar-refractivity contribution in [1.82, 2.24) is 9.80 Å². The van der Waals surface area contributed by atoms with Crippen LogP contribution < -0.4 is 4.74 Å². The lowest BCUT2D eigenvalue weighted by Crippen LogP contribution is -2.51. The van der Waals surface area contributed by atoms with Crippen LogP contribution in [0.3, 0.4) is 0 Å². The molecule has 2 aliphatic heterocycles. The highest BCUT2D eigenvalue weighted by Gasteiger charge is 2.55. The number of nitro benzene ring substituents is 1. The Morgan fingerprint density at radius 3 is 2.29 bits per heavy atom. The molecule has 1 spiro atoms. The number of non-ortho nitro benzene ring substituents is 1. The number of amides is 1. The summed E-state index contributed by atoms with van der Waals surface area (Å²) in [6.45, 7) is 6.54. The number of hydrogen-bond acceptors (Lipinski definition) is 7. The lowest BCUT2D eigenvalue weighted by molar-refractivity contribution is -0.384. The summed E-state index contributed by atoms with van der Waals surface area (Å²) in [6, 6.07) is 13.1. The van der Waals surface area contributed by atoms with Crippen LogP contribution in [0.15, 0.2) is 48.5 Å². The number of piperidine rings is 1. The Hall–Kier alpha value is -3.67. The van der Waals surface area contributed by atoms with Crippen molar-refractivity contribution in [1.29, 1.82) is 0 Å². The van der Waals surface area contributed by atoms with Gasteiger partial charge in [0, 0.05) is 36.2 Å². The van der Waals surface area contributed by atoms with Crippen LogP contribution in [0.1, 0.15) is 44.2 Å².